The number of carboxylic acids is 5. The van der Waals surface area contributed by atoms with Crippen LogP contribution in [-0.4, -0.2) is 101 Å². The van der Waals surface area contributed by atoms with Crippen LogP contribution in [0.3, 0.4) is 0 Å². The zero-order valence-corrected chi connectivity index (χ0v) is 91.8. The van der Waals surface area contributed by atoms with Gasteiger partial charge in [0.2, 0.25) is 0 Å². The number of aryl methyl sites for hydroxylation is 7. The van der Waals surface area contributed by atoms with Crippen molar-refractivity contribution in [1.82, 2.24) is 4.98 Å². The second kappa shape index (κ2) is 48.0. The summed E-state index contributed by atoms with van der Waals surface area (Å²) in [6, 6.07) is 80.0. The molecule has 0 amide bonds. The first-order chi connectivity index (χ1) is 69.2. The highest BCUT2D eigenvalue weighted by molar-refractivity contribution is 7.70. The van der Waals surface area contributed by atoms with Crippen LogP contribution in [0.4, 0.5) is 28.4 Å². The van der Waals surface area contributed by atoms with Crippen molar-refractivity contribution in [3.05, 3.63) is 368 Å². The number of aromatic carboxylic acids is 5. The predicted octanol–water partition coefficient (Wildman–Crippen LogP) is 30.1. The number of thiophene rings is 5. The fraction of sp³-hybridized carbons (Fsp3) is 0.115. The van der Waals surface area contributed by atoms with E-state index >= 15 is 0 Å². The summed E-state index contributed by atoms with van der Waals surface area (Å²) in [7, 11) is -11.5. The van der Waals surface area contributed by atoms with Crippen LogP contribution < -0.4 is 51.5 Å². The Labute approximate surface area is 885 Å². The highest BCUT2D eigenvalue weighted by Crippen LogP contribution is 2.57. The van der Waals surface area contributed by atoms with Crippen molar-refractivity contribution in [3.8, 4) is 63.5 Å². The molecule has 0 saturated heterocycles. The number of rotatable bonds is 30. The zero-order chi connectivity index (χ0) is 106. The molecule has 42 heteroatoms. The van der Waals surface area contributed by atoms with Gasteiger partial charge in [-0.1, -0.05) is 237 Å². The molecule has 0 aliphatic carbocycles. The Morgan fingerprint density at radius 2 is 0.658 bits per heavy atom. The Morgan fingerprint density at radius 1 is 0.342 bits per heavy atom. The van der Waals surface area contributed by atoms with E-state index < -0.39 is 67.4 Å². The van der Waals surface area contributed by atoms with Gasteiger partial charge in [0.15, 0.2) is 5.58 Å². The Kier molecular flexibility index (Phi) is 36.6. The van der Waals surface area contributed by atoms with Gasteiger partial charge in [-0.25, -0.2) is 24.0 Å². The number of nitrogens with zero attached hydrogens (tertiary/aromatic N) is 2. The van der Waals surface area contributed by atoms with Crippen LogP contribution in [0.15, 0.2) is 284 Å². The molecule has 10 N–H and O–H groups in total. The minimum Gasteiger partial charge on any atom is -0.477 e. The molecule has 17 rings (SSSR count). The second-order valence-electron chi connectivity index (χ2n) is 32.5. The van der Waals surface area contributed by atoms with Crippen LogP contribution in [-0.2, 0) is 40.9 Å². The van der Waals surface area contributed by atoms with E-state index in [1.54, 1.807) is 85.1 Å². The number of hydrogen-bond donors (Lipinski definition) is 10. The van der Waals surface area contributed by atoms with Gasteiger partial charge in [-0.15, -0.1) is 56.7 Å². The van der Waals surface area contributed by atoms with Crippen molar-refractivity contribution in [2.75, 3.05) is 60.5 Å². The Balaban J connectivity index is 0.000000153. The van der Waals surface area contributed by atoms with Crippen molar-refractivity contribution >= 4 is 248 Å². The molecule has 5 unspecified atom stereocenters. The molecule has 17 aromatic rings. The summed E-state index contributed by atoms with van der Waals surface area (Å²) in [5.41, 5.74) is 15.1. The number of fused-ring (bicyclic) bond motifs is 1. The normalized spacial score (nSPS) is 13.1. The van der Waals surface area contributed by atoms with Crippen LogP contribution in [0.1, 0.15) is 87.3 Å². The smallest absolute Gasteiger partial charge is 0.348 e. The standard InChI is InChI=1S/C24H15Cl2N2O5PS.C21H22NO4PS.C20H18Cl2NO4PS.C20H20NO4PS.C19H17ClNO4PS/c25-15-7-8-21(16(26)10-15)34(31,32)28-18-12-22(35-23(18)24(29)30)14-5-3-13(4-6-14)20-11-17-19(33-20)2-1-9-27-17;1-13-5-8-16(9-6-13)19-12-17(20(28-19)21(23)24)22-27(25,26-4)18-10-7-14(2)11-15(18)3;1-12-4-6-13(7-5-12)18-11-16(19(29-18)20(24)25)23(2)28(26,27-3)17-9-8-14(21)10-15(17)22;1-13-4-8-15(9-5-13)18-12-17(19(27-18)20(22)23)21-26(24,25-3)16-10-6-14(2)7-11-16;1-12-3-5-13(6-4-12)17-11-16(18(27-17)19(22)23)21-26(24,25-2)15-9-7-14(20)8-10-15/h1-12H,(H,29,30)(H2,28,31,32);5-12H,1-4H3,(H,22,25)(H,23,24);4-11H,1-3H3,(H,24,25);4-12H,1-3H3,(H,21,24)(H,22,23);3-11H,1-2H3,(H,21,24)(H,22,23). The number of aromatic nitrogens is 1. The molecule has 10 aromatic carbocycles. The van der Waals surface area contributed by atoms with E-state index in [0.29, 0.717) is 52.9 Å². The van der Waals surface area contributed by atoms with Crippen LogP contribution in [0.5, 0.6) is 0 Å². The average molecular weight is 2250 g/mol. The quantitative estimate of drug-likeness (QED) is 0.0187. The molecule has 7 heterocycles. The molecule has 0 bridgehead atoms. The first kappa shape index (κ1) is 111. The maximum absolute atomic E-state index is 13.8. The van der Waals surface area contributed by atoms with Gasteiger partial charge in [0.25, 0.3) is 0 Å². The Hall–Kier alpha value is -11.9. The van der Waals surface area contributed by atoms with Crippen molar-refractivity contribution in [2.45, 2.75) is 48.5 Å². The third-order valence-corrected chi connectivity index (χ3v) is 40.0. The third kappa shape index (κ3) is 26.6. The maximum Gasteiger partial charge on any atom is 0.348 e. The second-order valence-corrected chi connectivity index (χ2v) is 50.9. The number of nitrogens with one attached hydrogen (secondary N) is 4. The maximum atomic E-state index is 13.8. The number of hydrogen-bond acceptors (Lipinski definition) is 21. The van der Waals surface area contributed by atoms with Crippen LogP contribution in [0.2, 0.25) is 25.1 Å². The zero-order valence-electron chi connectivity index (χ0n) is 79.4. The van der Waals surface area contributed by atoms with Crippen molar-refractivity contribution in [1.29, 1.82) is 0 Å². The molecule has 7 aromatic heterocycles. The molecule has 0 aliphatic rings. The molecule has 0 fully saturated rings. The van der Waals surface area contributed by atoms with E-state index in [2.05, 4.69) is 25.3 Å². The molecule has 0 radical (unpaired) electrons. The van der Waals surface area contributed by atoms with Crippen LogP contribution in [0.25, 0.3) is 74.6 Å². The van der Waals surface area contributed by atoms with Gasteiger partial charge in [0.1, 0.15) is 35.7 Å². The molecular weight excluding hydrogens is 2160 g/mol. The number of carboxylic acid groups (broad SMARTS) is 5. The highest BCUT2D eigenvalue weighted by Gasteiger charge is 2.39. The van der Waals surface area contributed by atoms with Gasteiger partial charge in [0, 0.05) is 92.8 Å². The van der Waals surface area contributed by atoms with Crippen molar-refractivity contribution in [3.63, 3.8) is 0 Å². The molecule has 5 atom stereocenters. The first-order valence-electron chi connectivity index (χ1n) is 43.5. The topological polar surface area (TPSA) is 406 Å². The molecule has 754 valence electrons. The minimum atomic E-state index is -4.25. The largest absolute Gasteiger partial charge is 0.477 e. The van der Waals surface area contributed by atoms with Gasteiger partial charge in [-0.05, 0) is 203 Å². The summed E-state index contributed by atoms with van der Waals surface area (Å²) in [5.74, 6) is -4.93. The summed E-state index contributed by atoms with van der Waals surface area (Å²) in [6.45, 7) is 13.7. The predicted molar refractivity (Wildman–Crippen MR) is 596 cm³/mol. The van der Waals surface area contributed by atoms with Gasteiger partial charge in [-0.3, -0.25) is 32.5 Å². The molecule has 0 aliphatic heterocycles. The van der Waals surface area contributed by atoms with E-state index in [9.17, 15) is 77.2 Å². The Bertz CT molecular complexity index is 7790. The van der Waals surface area contributed by atoms with Crippen LogP contribution in [0, 0.1) is 48.5 Å². The number of furan rings is 1. The molecule has 0 spiro atoms. The molecule has 0 saturated carbocycles. The van der Waals surface area contributed by atoms with Gasteiger partial charge in [0.05, 0.1) is 65.0 Å². The summed E-state index contributed by atoms with van der Waals surface area (Å²) < 4.78 is 95.4. The number of benzene rings is 10. The molecule has 146 heavy (non-hydrogen) atoms. The van der Waals surface area contributed by atoms with Gasteiger partial charge >= 0.3 is 67.4 Å². The number of anilines is 5. The van der Waals surface area contributed by atoms with E-state index in [4.69, 9.17) is 80.5 Å². The minimum absolute atomic E-state index is 0.000428. The SMILES string of the molecule is COP(=O)(Nc1cc(-c2ccc(C)cc2)sc1C(=O)O)c1ccc(C)cc1.COP(=O)(Nc1cc(-c2ccc(C)cc2)sc1C(=O)O)c1ccc(C)cc1C.COP(=O)(Nc1cc(-c2ccc(C)cc2)sc1C(=O)O)c1ccc(Cl)cc1.COP(=O)(c1ccc(Cl)cc1Cl)N(C)c1cc(-c2ccc(C)cc2)sc1C(=O)O.O=C(O)c1sc(-c2ccc(-c3cc4ncccc4o3)cc2)cc1NP(=O)(O)c1ccc(Cl)cc1Cl. The van der Waals surface area contributed by atoms with E-state index in [1.807, 2.05) is 206 Å². The summed E-state index contributed by atoms with van der Waals surface area (Å²) in [5, 5.41) is 62.2. The van der Waals surface area contributed by atoms with E-state index in [-0.39, 0.29) is 67.8 Å². The summed E-state index contributed by atoms with van der Waals surface area (Å²) >= 11 is 35.6. The fourth-order valence-electron chi connectivity index (χ4n) is 14.5. The highest BCUT2D eigenvalue weighted by atomic mass is 35.5. The lowest BCUT2D eigenvalue weighted by molar-refractivity contribution is 0.0692. The molecule has 27 nitrogen and oxygen atoms in total. The van der Waals surface area contributed by atoms with E-state index in [1.165, 1.54) is 76.6 Å². The lowest BCUT2D eigenvalue weighted by Gasteiger charge is -2.29. The number of carbonyl (C=O) groups is 5. The Morgan fingerprint density at radius 3 is 1.01 bits per heavy atom. The third-order valence-electron chi connectivity index (χ3n) is 22.2. The fourth-order valence-corrected chi connectivity index (χ4v) is 29.0. The monoisotopic (exact) mass is 2250 g/mol. The lowest BCUT2D eigenvalue weighted by atomic mass is 10.1. The van der Waals surface area contributed by atoms with Gasteiger partial charge in [-0.2, -0.15) is 0 Å². The van der Waals surface area contributed by atoms with Crippen molar-refractivity contribution in [2.24, 2.45) is 0 Å². The molecular formula is C104H92Cl5N6O21P5S5. The van der Waals surface area contributed by atoms with Gasteiger partial charge < -0.3 is 73.3 Å². The first-order valence-corrected chi connectivity index (χ1v) is 57.6. The lowest BCUT2D eigenvalue weighted by Crippen LogP contribution is -2.24. The van der Waals surface area contributed by atoms with Crippen LogP contribution >= 0.6 is 152 Å². The average Bonchev–Trinajstić information content (AvgIpc) is 1.56. The summed E-state index contributed by atoms with van der Waals surface area (Å²) in [4.78, 5) is 77.7. The number of halogens is 5. The van der Waals surface area contributed by atoms with Crippen molar-refractivity contribution < 1.29 is 99.7 Å². The summed E-state index contributed by atoms with van der Waals surface area (Å²) in [6.07, 6.45) is 1.69. The van der Waals surface area contributed by atoms with E-state index in [0.717, 1.165) is 154 Å². The number of pyridine rings is 1.